The van der Waals surface area contributed by atoms with Crippen LogP contribution in [0.2, 0.25) is 0 Å². The van der Waals surface area contributed by atoms with E-state index in [0.29, 0.717) is 18.7 Å². The van der Waals surface area contributed by atoms with Crippen molar-refractivity contribution in [3.8, 4) is 0 Å². The van der Waals surface area contributed by atoms with Crippen molar-refractivity contribution in [1.82, 2.24) is 15.5 Å². The van der Waals surface area contributed by atoms with E-state index < -0.39 is 6.03 Å². The van der Waals surface area contributed by atoms with Crippen LogP contribution in [0, 0.1) is 0 Å². The number of carbonyl (C=O) groups is 2. The maximum absolute atomic E-state index is 12.6. The average molecular weight is 383 g/mol. The summed E-state index contributed by atoms with van der Waals surface area (Å²) in [5.41, 5.74) is 7.82. The number of hydrogen-bond acceptors (Lipinski definition) is 3. The fraction of sp³-hybridized carbons (Fsp3) is 0.364. The Morgan fingerprint density at radius 3 is 2.14 bits per heavy atom. The molecule has 0 saturated carbocycles. The zero-order chi connectivity index (χ0) is 20.4. The molecule has 0 aliphatic heterocycles. The van der Waals surface area contributed by atoms with E-state index >= 15 is 0 Å². The molecule has 0 bridgehead atoms. The van der Waals surface area contributed by atoms with E-state index in [1.54, 1.807) is 12.1 Å². The molecule has 28 heavy (non-hydrogen) atoms. The molecule has 0 saturated heterocycles. The number of nitrogens with zero attached hydrogens (tertiary/aromatic N) is 1. The van der Waals surface area contributed by atoms with E-state index in [1.165, 1.54) is 5.56 Å². The van der Waals surface area contributed by atoms with Crippen LogP contribution in [0.15, 0.2) is 54.6 Å². The first kappa shape index (κ1) is 21.4. The summed E-state index contributed by atoms with van der Waals surface area (Å²) in [5, 5.41) is 5.60. The van der Waals surface area contributed by atoms with Gasteiger partial charge in [0.1, 0.15) is 0 Å². The third-order valence-corrected chi connectivity index (χ3v) is 4.82. The summed E-state index contributed by atoms with van der Waals surface area (Å²) in [6.07, 6.45) is 0.889. The van der Waals surface area contributed by atoms with Crippen LogP contribution in [0.4, 0.5) is 4.79 Å². The van der Waals surface area contributed by atoms with Crippen LogP contribution >= 0.6 is 0 Å². The number of carbonyl (C=O) groups excluding carboxylic acids is 2. The van der Waals surface area contributed by atoms with Crippen LogP contribution in [0.3, 0.4) is 0 Å². The Labute approximate surface area is 167 Å². The molecule has 0 aromatic heterocycles. The second kappa shape index (κ2) is 11.1. The summed E-state index contributed by atoms with van der Waals surface area (Å²) in [6, 6.07) is 17.2. The van der Waals surface area contributed by atoms with Gasteiger partial charge >= 0.3 is 6.03 Å². The van der Waals surface area contributed by atoms with Crippen LogP contribution in [-0.2, 0) is 13.0 Å². The lowest BCUT2D eigenvalue weighted by Gasteiger charge is -2.30. The number of nitrogens with two attached hydrogens (primary N) is 1. The monoisotopic (exact) mass is 382 g/mol. The maximum atomic E-state index is 12.6. The molecule has 4 N–H and O–H groups in total. The van der Waals surface area contributed by atoms with Gasteiger partial charge in [0, 0.05) is 24.7 Å². The minimum atomic E-state index is -0.567. The zero-order valence-corrected chi connectivity index (χ0v) is 16.7. The molecule has 0 aliphatic rings. The third kappa shape index (κ3) is 6.70. The van der Waals surface area contributed by atoms with Crippen molar-refractivity contribution >= 4 is 11.9 Å². The molecule has 0 radical (unpaired) electrons. The summed E-state index contributed by atoms with van der Waals surface area (Å²) in [7, 11) is 0. The van der Waals surface area contributed by atoms with Crippen LogP contribution in [0.25, 0.3) is 0 Å². The van der Waals surface area contributed by atoms with Crippen molar-refractivity contribution in [1.29, 1.82) is 0 Å². The number of benzene rings is 2. The number of hydrogen-bond donors (Lipinski definition) is 3. The second-order valence-electron chi connectivity index (χ2n) is 6.69. The van der Waals surface area contributed by atoms with Crippen molar-refractivity contribution in [3.05, 3.63) is 71.3 Å². The van der Waals surface area contributed by atoms with E-state index in [0.717, 1.165) is 25.1 Å². The highest BCUT2D eigenvalue weighted by Gasteiger charge is 2.17. The van der Waals surface area contributed by atoms with Gasteiger partial charge < -0.3 is 16.4 Å². The number of amides is 3. The molecule has 3 amide bonds. The topological polar surface area (TPSA) is 87.5 Å². The molecule has 0 heterocycles. The molecule has 6 nitrogen and oxygen atoms in total. The fourth-order valence-electron chi connectivity index (χ4n) is 3.23. The molecule has 0 fully saturated rings. The van der Waals surface area contributed by atoms with E-state index in [-0.39, 0.29) is 11.9 Å². The van der Waals surface area contributed by atoms with Gasteiger partial charge in [0.2, 0.25) is 0 Å². The second-order valence-corrected chi connectivity index (χ2v) is 6.69. The largest absolute Gasteiger partial charge is 0.352 e. The molecule has 2 rings (SSSR count). The Morgan fingerprint density at radius 2 is 1.57 bits per heavy atom. The Morgan fingerprint density at radius 1 is 0.929 bits per heavy atom. The average Bonchev–Trinajstić information content (AvgIpc) is 2.72. The van der Waals surface area contributed by atoms with E-state index in [4.69, 9.17) is 5.73 Å². The molecule has 2 aromatic carbocycles. The number of urea groups is 1. The van der Waals surface area contributed by atoms with Gasteiger partial charge in [0.15, 0.2) is 0 Å². The summed E-state index contributed by atoms with van der Waals surface area (Å²) in [6.45, 7) is 7.08. The highest BCUT2D eigenvalue weighted by atomic mass is 16.2. The van der Waals surface area contributed by atoms with Gasteiger partial charge in [-0.15, -0.1) is 0 Å². The van der Waals surface area contributed by atoms with Gasteiger partial charge in [0.05, 0.1) is 0 Å². The number of nitrogens with one attached hydrogen (secondary N) is 2. The first-order valence-electron chi connectivity index (χ1n) is 9.71. The number of rotatable bonds is 10. The normalized spacial score (nSPS) is 11.8. The highest BCUT2D eigenvalue weighted by molar-refractivity contribution is 5.94. The molecule has 2 aromatic rings. The summed E-state index contributed by atoms with van der Waals surface area (Å²) >= 11 is 0. The van der Waals surface area contributed by atoms with Crippen molar-refractivity contribution in [2.45, 2.75) is 32.9 Å². The van der Waals surface area contributed by atoms with E-state index in [2.05, 4.69) is 41.5 Å². The quantitative estimate of drug-likeness (QED) is 0.590. The predicted molar refractivity (Wildman–Crippen MR) is 112 cm³/mol. The lowest BCUT2D eigenvalue weighted by Crippen LogP contribution is -2.45. The molecule has 0 aliphatic carbocycles. The van der Waals surface area contributed by atoms with Gasteiger partial charge in [-0.2, -0.15) is 0 Å². The van der Waals surface area contributed by atoms with Crippen LogP contribution < -0.4 is 16.4 Å². The van der Waals surface area contributed by atoms with Gasteiger partial charge in [-0.05, 0) is 42.8 Å². The van der Waals surface area contributed by atoms with E-state index in [9.17, 15) is 9.59 Å². The Bertz CT molecular complexity index is 743. The minimum absolute atomic E-state index is 0.0976. The fourth-order valence-corrected chi connectivity index (χ4v) is 3.23. The Hall–Kier alpha value is -2.86. The Kier molecular flexibility index (Phi) is 8.49. The number of likely N-dealkylation sites (N-methyl/N-ethyl adjacent to an activating group) is 1. The first-order chi connectivity index (χ1) is 13.5. The van der Waals surface area contributed by atoms with Crippen molar-refractivity contribution in [2.24, 2.45) is 5.73 Å². The first-order valence-corrected chi connectivity index (χ1v) is 9.71. The minimum Gasteiger partial charge on any atom is -0.352 e. The van der Waals surface area contributed by atoms with Crippen LogP contribution in [0.1, 0.15) is 35.3 Å². The van der Waals surface area contributed by atoms with Crippen LogP contribution in [-0.4, -0.2) is 42.5 Å². The van der Waals surface area contributed by atoms with E-state index in [1.807, 2.05) is 30.3 Å². The van der Waals surface area contributed by atoms with Crippen molar-refractivity contribution in [2.75, 3.05) is 19.6 Å². The molecular formula is C22H30N4O2. The lowest BCUT2D eigenvalue weighted by atomic mass is 10.0. The van der Waals surface area contributed by atoms with Gasteiger partial charge in [-0.25, -0.2) is 4.79 Å². The molecular weight excluding hydrogens is 352 g/mol. The van der Waals surface area contributed by atoms with Crippen molar-refractivity contribution < 1.29 is 9.59 Å². The van der Waals surface area contributed by atoms with Gasteiger partial charge in [-0.3, -0.25) is 9.69 Å². The van der Waals surface area contributed by atoms with Crippen LogP contribution in [0.5, 0.6) is 0 Å². The molecule has 150 valence electrons. The number of primary amides is 1. The lowest BCUT2D eigenvalue weighted by molar-refractivity contribution is 0.0934. The summed E-state index contributed by atoms with van der Waals surface area (Å²) < 4.78 is 0. The standard InChI is InChI=1S/C22H30N4O2/c1-3-26(4-2)20(14-17-8-6-5-7-9-17)16-24-21(27)19-12-10-18(11-13-19)15-25-22(23)28/h5-13,20H,3-4,14-16H2,1-2H3,(H,24,27)(H3,23,25,28)/t20-/m0/s1. The van der Waals surface area contributed by atoms with Gasteiger partial charge in [-0.1, -0.05) is 56.3 Å². The Balaban J connectivity index is 1.97. The smallest absolute Gasteiger partial charge is 0.312 e. The third-order valence-electron chi connectivity index (χ3n) is 4.82. The SMILES string of the molecule is CCN(CC)[C@H](CNC(=O)c1ccc(CNC(N)=O)cc1)Cc1ccccc1. The zero-order valence-electron chi connectivity index (χ0n) is 16.7. The maximum Gasteiger partial charge on any atom is 0.312 e. The van der Waals surface area contributed by atoms with Crippen molar-refractivity contribution in [3.63, 3.8) is 0 Å². The molecule has 0 spiro atoms. The highest BCUT2D eigenvalue weighted by Crippen LogP contribution is 2.10. The summed E-state index contributed by atoms with van der Waals surface area (Å²) in [4.78, 5) is 25.7. The van der Waals surface area contributed by atoms with Gasteiger partial charge in [0.25, 0.3) is 5.91 Å². The molecule has 0 unspecified atom stereocenters. The predicted octanol–water partition coefficient (Wildman–Crippen LogP) is 2.54. The molecule has 1 atom stereocenters. The molecule has 6 heteroatoms. The summed E-state index contributed by atoms with van der Waals surface area (Å²) in [5.74, 6) is -0.0976.